The first-order chi connectivity index (χ1) is 9.20. The molecular weight excluding hydrogens is 240 g/mol. The smallest absolute Gasteiger partial charge is 0.246 e. The van der Waals surface area contributed by atoms with E-state index in [4.69, 9.17) is 4.74 Å². The van der Waals surface area contributed by atoms with Crippen LogP contribution in [0.15, 0.2) is 30.3 Å². The van der Waals surface area contributed by atoms with Gasteiger partial charge in [-0.05, 0) is 36.7 Å². The molecule has 0 spiro atoms. The van der Waals surface area contributed by atoms with Crippen molar-refractivity contribution in [1.82, 2.24) is 10.2 Å². The van der Waals surface area contributed by atoms with E-state index in [1.165, 1.54) is 0 Å². The summed E-state index contributed by atoms with van der Waals surface area (Å²) in [6.07, 6.45) is 4.49. The minimum atomic E-state index is 0.0459. The van der Waals surface area contributed by atoms with Crippen LogP contribution in [0.5, 0.6) is 5.75 Å². The summed E-state index contributed by atoms with van der Waals surface area (Å²) in [4.78, 5) is 13.8. The second kappa shape index (κ2) is 6.38. The third-order valence-electron chi connectivity index (χ3n) is 3.46. The van der Waals surface area contributed by atoms with Gasteiger partial charge in [0, 0.05) is 25.7 Å². The largest absolute Gasteiger partial charge is 0.497 e. The van der Waals surface area contributed by atoms with Gasteiger partial charge in [-0.25, -0.2) is 0 Å². The molecule has 4 heteroatoms. The molecule has 1 fully saturated rings. The minimum Gasteiger partial charge on any atom is -0.497 e. The number of nitrogens with zero attached hydrogens (tertiary/aromatic N) is 1. The Morgan fingerprint density at radius 3 is 2.74 bits per heavy atom. The molecule has 1 aromatic carbocycles. The number of amides is 1. The fourth-order valence-corrected chi connectivity index (χ4v) is 2.15. The molecule has 1 heterocycles. The highest BCUT2D eigenvalue weighted by molar-refractivity contribution is 5.91. The first-order valence-corrected chi connectivity index (χ1v) is 6.50. The maximum Gasteiger partial charge on any atom is 0.246 e. The Labute approximate surface area is 114 Å². The summed E-state index contributed by atoms with van der Waals surface area (Å²) in [7, 11) is 3.50. The Morgan fingerprint density at radius 2 is 2.16 bits per heavy atom. The molecule has 1 aromatic rings. The van der Waals surface area contributed by atoms with Crippen LogP contribution in [-0.2, 0) is 4.79 Å². The number of carbonyl (C=O) groups is 1. The number of ether oxygens (including phenoxy) is 1. The Bertz CT molecular complexity index is 448. The van der Waals surface area contributed by atoms with Crippen LogP contribution in [0.1, 0.15) is 12.0 Å². The van der Waals surface area contributed by atoms with E-state index in [9.17, 15) is 4.79 Å². The van der Waals surface area contributed by atoms with E-state index in [-0.39, 0.29) is 5.91 Å². The van der Waals surface area contributed by atoms with Gasteiger partial charge in [0.2, 0.25) is 5.91 Å². The van der Waals surface area contributed by atoms with Gasteiger partial charge >= 0.3 is 0 Å². The van der Waals surface area contributed by atoms with Crippen LogP contribution in [0.25, 0.3) is 6.08 Å². The standard InChI is InChI=1S/C15H20N2O2/c1-17(13-9-10-16-11-13)15(18)8-5-12-3-6-14(19-2)7-4-12/h3-8,13,16H,9-11H2,1-2H3. The Hall–Kier alpha value is -1.81. The van der Waals surface area contributed by atoms with Gasteiger partial charge in [0.05, 0.1) is 7.11 Å². The third kappa shape index (κ3) is 3.58. The Kier molecular flexibility index (Phi) is 4.58. The van der Waals surface area contributed by atoms with Crippen LogP contribution >= 0.6 is 0 Å². The van der Waals surface area contributed by atoms with E-state index in [0.29, 0.717) is 6.04 Å². The SMILES string of the molecule is COc1ccc(C=CC(=O)N(C)C2CCNC2)cc1. The number of methoxy groups -OCH3 is 1. The topological polar surface area (TPSA) is 41.6 Å². The van der Waals surface area contributed by atoms with Gasteiger partial charge in [0.25, 0.3) is 0 Å². The number of benzene rings is 1. The summed E-state index contributed by atoms with van der Waals surface area (Å²) in [5.74, 6) is 0.863. The maximum atomic E-state index is 12.0. The fourth-order valence-electron chi connectivity index (χ4n) is 2.15. The molecule has 0 bridgehead atoms. The van der Waals surface area contributed by atoms with Crippen LogP contribution < -0.4 is 10.1 Å². The lowest BCUT2D eigenvalue weighted by atomic mass is 10.2. The highest BCUT2D eigenvalue weighted by Crippen LogP contribution is 2.13. The van der Waals surface area contributed by atoms with E-state index in [1.807, 2.05) is 37.4 Å². The van der Waals surface area contributed by atoms with Gasteiger partial charge in [0.15, 0.2) is 0 Å². The Morgan fingerprint density at radius 1 is 1.42 bits per heavy atom. The first kappa shape index (κ1) is 13.6. The average Bonchev–Trinajstić information content (AvgIpc) is 2.98. The number of nitrogens with one attached hydrogen (secondary N) is 1. The lowest BCUT2D eigenvalue weighted by Gasteiger charge is -2.22. The van der Waals surface area contributed by atoms with Crippen LogP contribution in [0.2, 0.25) is 0 Å². The summed E-state index contributed by atoms with van der Waals surface area (Å²) >= 11 is 0. The predicted molar refractivity (Wildman–Crippen MR) is 76.1 cm³/mol. The van der Waals surface area contributed by atoms with E-state index < -0.39 is 0 Å². The van der Waals surface area contributed by atoms with E-state index in [2.05, 4.69) is 5.32 Å². The zero-order valence-corrected chi connectivity index (χ0v) is 11.4. The van der Waals surface area contributed by atoms with Crippen molar-refractivity contribution in [2.75, 3.05) is 27.2 Å². The van der Waals surface area contributed by atoms with Crippen LogP contribution in [-0.4, -0.2) is 44.1 Å². The molecule has 1 unspecified atom stereocenters. The zero-order chi connectivity index (χ0) is 13.7. The first-order valence-electron chi connectivity index (χ1n) is 6.50. The summed E-state index contributed by atoms with van der Waals surface area (Å²) < 4.78 is 5.09. The molecule has 0 aromatic heterocycles. The highest BCUT2D eigenvalue weighted by Gasteiger charge is 2.21. The van der Waals surface area contributed by atoms with Crippen molar-refractivity contribution in [3.8, 4) is 5.75 Å². The zero-order valence-electron chi connectivity index (χ0n) is 11.4. The van der Waals surface area contributed by atoms with Gasteiger partial charge in [-0.3, -0.25) is 4.79 Å². The van der Waals surface area contributed by atoms with Gasteiger partial charge in [-0.1, -0.05) is 12.1 Å². The molecule has 0 radical (unpaired) electrons. The molecule has 102 valence electrons. The average molecular weight is 260 g/mol. The molecule has 4 nitrogen and oxygen atoms in total. The predicted octanol–water partition coefficient (Wildman–Crippen LogP) is 1.53. The monoisotopic (exact) mass is 260 g/mol. The highest BCUT2D eigenvalue weighted by atomic mass is 16.5. The van der Waals surface area contributed by atoms with Crippen molar-refractivity contribution in [3.63, 3.8) is 0 Å². The summed E-state index contributed by atoms with van der Waals surface area (Å²) in [5.41, 5.74) is 0.993. The van der Waals surface area contributed by atoms with Gasteiger partial charge in [-0.15, -0.1) is 0 Å². The minimum absolute atomic E-state index is 0.0459. The number of likely N-dealkylation sites (N-methyl/N-ethyl adjacent to an activating group) is 1. The lowest BCUT2D eigenvalue weighted by Crippen LogP contribution is -2.37. The van der Waals surface area contributed by atoms with Gasteiger partial charge in [0.1, 0.15) is 5.75 Å². The molecule has 0 aliphatic carbocycles. The molecule has 0 saturated carbocycles. The third-order valence-corrected chi connectivity index (χ3v) is 3.46. The maximum absolute atomic E-state index is 12.0. The van der Waals surface area contributed by atoms with Crippen molar-refractivity contribution in [1.29, 1.82) is 0 Å². The Balaban J connectivity index is 1.94. The number of hydrogen-bond acceptors (Lipinski definition) is 3. The summed E-state index contributed by atoms with van der Waals surface area (Å²) in [6, 6.07) is 7.94. The summed E-state index contributed by atoms with van der Waals surface area (Å²) in [6.45, 7) is 1.88. The second-order valence-corrected chi connectivity index (χ2v) is 4.70. The van der Waals surface area contributed by atoms with Gasteiger partial charge < -0.3 is 15.0 Å². The van der Waals surface area contributed by atoms with Crippen molar-refractivity contribution < 1.29 is 9.53 Å². The van der Waals surface area contributed by atoms with E-state index in [1.54, 1.807) is 18.1 Å². The summed E-state index contributed by atoms with van der Waals surface area (Å²) in [5, 5.41) is 3.26. The fraction of sp³-hybridized carbons (Fsp3) is 0.400. The van der Waals surface area contributed by atoms with E-state index >= 15 is 0 Å². The van der Waals surface area contributed by atoms with Gasteiger partial charge in [-0.2, -0.15) is 0 Å². The number of rotatable bonds is 4. The van der Waals surface area contributed by atoms with Crippen molar-refractivity contribution in [3.05, 3.63) is 35.9 Å². The second-order valence-electron chi connectivity index (χ2n) is 4.70. The normalized spacial score (nSPS) is 18.7. The van der Waals surface area contributed by atoms with E-state index in [0.717, 1.165) is 30.8 Å². The molecule has 1 amide bonds. The van der Waals surface area contributed by atoms with Crippen molar-refractivity contribution in [2.24, 2.45) is 0 Å². The van der Waals surface area contributed by atoms with Crippen molar-refractivity contribution in [2.45, 2.75) is 12.5 Å². The molecular formula is C15H20N2O2. The molecule has 2 rings (SSSR count). The lowest BCUT2D eigenvalue weighted by molar-refractivity contribution is -0.126. The molecule has 1 aliphatic rings. The quantitative estimate of drug-likeness (QED) is 0.835. The number of carbonyl (C=O) groups excluding carboxylic acids is 1. The van der Waals surface area contributed by atoms with Crippen molar-refractivity contribution >= 4 is 12.0 Å². The number of hydrogen-bond donors (Lipinski definition) is 1. The van der Waals surface area contributed by atoms with Crippen LogP contribution in [0, 0.1) is 0 Å². The molecule has 1 aliphatic heterocycles. The molecule has 19 heavy (non-hydrogen) atoms. The molecule has 1 N–H and O–H groups in total. The van der Waals surface area contributed by atoms with Crippen LogP contribution in [0.3, 0.4) is 0 Å². The van der Waals surface area contributed by atoms with Crippen LogP contribution in [0.4, 0.5) is 0 Å². The molecule has 1 atom stereocenters. The molecule has 1 saturated heterocycles.